The highest BCUT2D eigenvalue weighted by atomic mass is 15.3. The zero-order valence-corrected chi connectivity index (χ0v) is 8.04. The Morgan fingerprint density at radius 1 is 1.62 bits per heavy atom. The summed E-state index contributed by atoms with van der Waals surface area (Å²) in [6.45, 7) is 4.81. The molecule has 0 unspecified atom stereocenters. The van der Waals surface area contributed by atoms with E-state index in [1.54, 1.807) is 0 Å². The minimum absolute atomic E-state index is 0.0924. The second kappa shape index (κ2) is 2.59. The van der Waals surface area contributed by atoms with E-state index in [1.807, 2.05) is 24.7 Å². The van der Waals surface area contributed by atoms with Crippen LogP contribution in [0.4, 0.5) is 0 Å². The Morgan fingerprint density at radius 2 is 2.31 bits per heavy atom. The van der Waals surface area contributed by atoms with Gasteiger partial charge in [0, 0.05) is 6.20 Å². The normalized spacial score (nSPS) is 18.2. The van der Waals surface area contributed by atoms with Crippen molar-refractivity contribution in [3.8, 4) is 6.07 Å². The van der Waals surface area contributed by atoms with Gasteiger partial charge >= 0.3 is 0 Å². The molecule has 0 radical (unpaired) electrons. The molecule has 1 aliphatic rings. The highest BCUT2D eigenvalue weighted by Gasteiger charge is 2.43. The molecule has 0 N–H and O–H groups in total. The van der Waals surface area contributed by atoms with Crippen LogP contribution in [0, 0.1) is 30.6 Å². The lowest BCUT2D eigenvalue weighted by Crippen LogP contribution is -2.09. The Balaban J connectivity index is 2.15. The third-order valence-electron chi connectivity index (χ3n) is 2.75. The predicted molar refractivity (Wildman–Crippen MR) is 49.0 cm³/mol. The van der Waals surface area contributed by atoms with Gasteiger partial charge in [-0.2, -0.15) is 10.4 Å². The standard InChI is InChI=1S/C10H13N3/c1-8-5-13(12-9(8)2)7-10(6-11)3-4-10/h5H,3-4,7H2,1-2H3. The molecule has 68 valence electrons. The van der Waals surface area contributed by atoms with Crippen LogP contribution in [0.15, 0.2) is 6.20 Å². The molecular formula is C10H13N3. The van der Waals surface area contributed by atoms with Crippen LogP contribution in [0.3, 0.4) is 0 Å². The largest absolute Gasteiger partial charge is 0.271 e. The second-order valence-corrected chi connectivity index (χ2v) is 3.99. The molecule has 1 aliphatic carbocycles. The van der Waals surface area contributed by atoms with Crippen molar-refractivity contribution >= 4 is 0 Å². The van der Waals surface area contributed by atoms with Crippen LogP contribution in [-0.4, -0.2) is 9.78 Å². The first-order chi connectivity index (χ1) is 6.15. The molecule has 2 rings (SSSR count). The molecule has 1 saturated carbocycles. The van der Waals surface area contributed by atoms with Crippen molar-refractivity contribution in [1.29, 1.82) is 5.26 Å². The molecule has 0 bridgehead atoms. The van der Waals surface area contributed by atoms with E-state index in [2.05, 4.69) is 11.2 Å². The van der Waals surface area contributed by atoms with Crippen molar-refractivity contribution in [3.05, 3.63) is 17.5 Å². The molecule has 0 saturated heterocycles. The summed E-state index contributed by atoms with van der Waals surface area (Å²) in [5.41, 5.74) is 2.17. The summed E-state index contributed by atoms with van der Waals surface area (Å²) in [7, 11) is 0. The molecule has 1 aromatic heterocycles. The Kier molecular flexibility index (Phi) is 1.66. The van der Waals surface area contributed by atoms with E-state index in [0.29, 0.717) is 0 Å². The minimum atomic E-state index is -0.0924. The third kappa shape index (κ3) is 1.44. The summed E-state index contributed by atoms with van der Waals surface area (Å²) < 4.78 is 1.90. The van der Waals surface area contributed by atoms with Crippen molar-refractivity contribution in [2.45, 2.75) is 33.2 Å². The molecule has 0 amide bonds. The molecule has 1 fully saturated rings. The Labute approximate surface area is 78.0 Å². The number of aryl methyl sites for hydroxylation is 2. The van der Waals surface area contributed by atoms with E-state index < -0.39 is 0 Å². The number of aromatic nitrogens is 2. The van der Waals surface area contributed by atoms with Gasteiger partial charge in [-0.15, -0.1) is 0 Å². The zero-order valence-electron chi connectivity index (χ0n) is 8.04. The quantitative estimate of drug-likeness (QED) is 0.687. The molecule has 1 aromatic rings. The summed E-state index contributed by atoms with van der Waals surface area (Å²) >= 11 is 0. The third-order valence-corrected chi connectivity index (χ3v) is 2.75. The summed E-state index contributed by atoms with van der Waals surface area (Å²) in [6.07, 6.45) is 4.08. The predicted octanol–water partition coefficient (Wildman–Crippen LogP) is 1.80. The maximum absolute atomic E-state index is 8.90. The van der Waals surface area contributed by atoms with Gasteiger partial charge in [0.25, 0.3) is 0 Å². The molecule has 1 heterocycles. The van der Waals surface area contributed by atoms with Gasteiger partial charge in [0.05, 0.1) is 23.7 Å². The maximum atomic E-state index is 8.90. The number of nitrogens with zero attached hydrogens (tertiary/aromatic N) is 3. The van der Waals surface area contributed by atoms with Gasteiger partial charge in [-0.05, 0) is 32.3 Å². The Morgan fingerprint density at radius 3 is 2.69 bits per heavy atom. The van der Waals surface area contributed by atoms with Crippen LogP contribution < -0.4 is 0 Å². The smallest absolute Gasteiger partial charge is 0.0770 e. The second-order valence-electron chi connectivity index (χ2n) is 3.99. The molecule has 3 heteroatoms. The van der Waals surface area contributed by atoms with Gasteiger partial charge in [-0.1, -0.05) is 0 Å². The summed E-state index contributed by atoms with van der Waals surface area (Å²) in [5, 5.41) is 13.3. The van der Waals surface area contributed by atoms with Gasteiger partial charge in [0.2, 0.25) is 0 Å². The van der Waals surface area contributed by atoms with Gasteiger partial charge in [-0.25, -0.2) is 0 Å². The molecule has 0 atom stereocenters. The first-order valence-corrected chi connectivity index (χ1v) is 4.57. The van der Waals surface area contributed by atoms with Crippen molar-refractivity contribution < 1.29 is 0 Å². The number of nitriles is 1. The van der Waals surface area contributed by atoms with Crippen molar-refractivity contribution in [2.75, 3.05) is 0 Å². The van der Waals surface area contributed by atoms with E-state index in [4.69, 9.17) is 5.26 Å². The lowest BCUT2D eigenvalue weighted by Gasteiger charge is -2.04. The van der Waals surface area contributed by atoms with E-state index >= 15 is 0 Å². The lowest BCUT2D eigenvalue weighted by molar-refractivity contribution is 0.483. The van der Waals surface area contributed by atoms with E-state index in [9.17, 15) is 0 Å². The fourth-order valence-corrected chi connectivity index (χ4v) is 1.46. The average molecular weight is 175 g/mol. The van der Waals surface area contributed by atoms with Crippen LogP contribution in [0.25, 0.3) is 0 Å². The Hall–Kier alpha value is -1.30. The Bertz CT molecular complexity index is 347. The summed E-state index contributed by atoms with van der Waals surface area (Å²) in [4.78, 5) is 0. The fourth-order valence-electron chi connectivity index (χ4n) is 1.46. The zero-order chi connectivity index (χ0) is 9.47. The monoisotopic (exact) mass is 175 g/mol. The SMILES string of the molecule is Cc1cn(CC2(C#N)CC2)nc1C. The van der Waals surface area contributed by atoms with Crippen LogP contribution in [0.1, 0.15) is 24.1 Å². The number of hydrogen-bond acceptors (Lipinski definition) is 2. The average Bonchev–Trinajstić information content (AvgIpc) is 2.78. The van der Waals surface area contributed by atoms with Crippen molar-refractivity contribution in [2.24, 2.45) is 5.41 Å². The summed E-state index contributed by atoms with van der Waals surface area (Å²) in [6, 6.07) is 2.37. The van der Waals surface area contributed by atoms with Crippen LogP contribution >= 0.6 is 0 Å². The van der Waals surface area contributed by atoms with Gasteiger partial charge in [0.1, 0.15) is 0 Å². The topological polar surface area (TPSA) is 41.6 Å². The van der Waals surface area contributed by atoms with Crippen molar-refractivity contribution in [3.63, 3.8) is 0 Å². The fraction of sp³-hybridized carbons (Fsp3) is 0.600. The summed E-state index contributed by atoms with van der Waals surface area (Å²) in [5.74, 6) is 0. The maximum Gasteiger partial charge on any atom is 0.0770 e. The molecule has 0 aliphatic heterocycles. The highest BCUT2D eigenvalue weighted by Crippen LogP contribution is 2.46. The first kappa shape index (κ1) is 8.31. The van der Waals surface area contributed by atoms with Crippen LogP contribution in [0.2, 0.25) is 0 Å². The van der Waals surface area contributed by atoms with Crippen LogP contribution in [-0.2, 0) is 6.54 Å². The van der Waals surface area contributed by atoms with E-state index in [0.717, 1.165) is 25.1 Å². The molecule has 0 aromatic carbocycles. The highest BCUT2D eigenvalue weighted by molar-refractivity contribution is 5.15. The van der Waals surface area contributed by atoms with Gasteiger partial charge in [0.15, 0.2) is 0 Å². The van der Waals surface area contributed by atoms with Gasteiger partial charge in [-0.3, -0.25) is 4.68 Å². The van der Waals surface area contributed by atoms with Gasteiger partial charge < -0.3 is 0 Å². The molecule has 3 nitrogen and oxygen atoms in total. The lowest BCUT2D eigenvalue weighted by atomic mass is 10.1. The van der Waals surface area contributed by atoms with E-state index in [-0.39, 0.29) is 5.41 Å². The molecule has 0 spiro atoms. The van der Waals surface area contributed by atoms with Crippen molar-refractivity contribution in [1.82, 2.24) is 9.78 Å². The number of rotatable bonds is 2. The van der Waals surface area contributed by atoms with Crippen LogP contribution in [0.5, 0.6) is 0 Å². The van der Waals surface area contributed by atoms with E-state index in [1.165, 1.54) is 5.56 Å². The minimum Gasteiger partial charge on any atom is -0.271 e. The number of hydrogen-bond donors (Lipinski definition) is 0. The molecule has 13 heavy (non-hydrogen) atoms. The first-order valence-electron chi connectivity index (χ1n) is 4.57. The molecular weight excluding hydrogens is 162 g/mol.